The van der Waals surface area contributed by atoms with Gasteiger partial charge in [-0.05, 0) is 26.0 Å². The minimum atomic E-state index is -0.555. The molecule has 0 amide bonds. The van der Waals surface area contributed by atoms with Crippen LogP contribution in [0.3, 0.4) is 0 Å². The molecule has 4 aromatic rings. The van der Waals surface area contributed by atoms with E-state index < -0.39 is 11.9 Å². The average molecular weight is 454 g/mol. The molecule has 1 aliphatic heterocycles. The number of fused-ring (bicyclic) bond motifs is 7. The molecule has 1 aliphatic rings. The Bertz CT molecular complexity index is 1350. The molecule has 4 aromatic heterocycles. The van der Waals surface area contributed by atoms with E-state index in [9.17, 15) is 4.39 Å². The van der Waals surface area contributed by atoms with Gasteiger partial charge in [-0.2, -0.15) is 10.2 Å². The second-order valence-corrected chi connectivity index (χ2v) is 8.10. The van der Waals surface area contributed by atoms with E-state index in [0.29, 0.717) is 40.8 Å². The summed E-state index contributed by atoms with van der Waals surface area (Å²) in [5.41, 5.74) is 11.2. The quantitative estimate of drug-likeness (QED) is 0.464. The van der Waals surface area contributed by atoms with Crippen molar-refractivity contribution in [1.29, 1.82) is 0 Å². The van der Waals surface area contributed by atoms with Crippen LogP contribution >= 0.6 is 11.6 Å². The van der Waals surface area contributed by atoms with Crippen molar-refractivity contribution in [2.24, 2.45) is 7.05 Å². The molecule has 164 valence electrons. The molecular formula is C22H21ClFN7O. The van der Waals surface area contributed by atoms with Crippen LogP contribution in [0.5, 0.6) is 5.75 Å². The minimum absolute atomic E-state index is 0.234. The van der Waals surface area contributed by atoms with E-state index in [1.54, 1.807) is 10.9 Å². The maximum Gasteiger partial charge on any atom is 0.166 e. The summed E-state index contributed by atoms with van der Waals surface area (Å²) in [4.78, 5) is 8.70. The Kier molecular flexibility index (Phi) is 4.85. The zero-order valence-electron chi connectivity index (χ0n) is 17.8. The number of ether oxygens (including phenoxy) is 1. The van der Waals surface area contributed by atoms with Gasteiger partial charge in [0.1, 0.15) is 17.6 Å². The van der Waals surface area contributed by atoms with Crippen molar-refractivity contribution in [3.8, 4) is 28.4 Å². The van der Waals surface area contributed by atoms with Gasteiger partial charge in [-0.1, -0.05) is 11.6 Å². The van der Waals surface area contributed by atoms with Gasteiger partial charge < -0.3 is 10.5 Å². The normalized spacial score (nSPS) is 15.1. The number of hydrogen-bond donors (Lipinski definition) is 1. The summed E-state index contributed by atoms with van der Waals surface area (Å²) in [6, 6.07) is 3.23. The van der Waals surface area contributed by atoms with Gasteiger partial charge in [0.15, 0.2) is 16.7 Å². The largest absolute Gasteiger partial charge is 0.482 e. The van der Waals surface area contributed by atoms with Gasteiger partial charge in [-0.3, -0.25) is 14.3 Å². The van der Waals surface area contributed by atoms with E-state index in [-0.39, 0.29) is 5.82 Å². The van der Waals surface area contributed by atoms with E-state index in [4.69, 9.17) is 22.1 Å². The molecular weight excluding hydrogens is 433 g/mol. The Morgan fingerprint density at radius 2 is 2.03 bits per heavy atom. The molecule has 32 heavy (non-hydrogen) atoms. The minimum Gasteiger partial charge on any atom is -0.482 e. The number of pyridine rings is 2. The topological polar surface area (TPSA) is 96.7 Å². The van der Waals surface area contributed by atoms with E-state index in [1.807, 2.05) is 37.8 Å². The first-order valence-electron chi connectivity index (χ1n) is 10.2. The summed E-state index contributed by atoms with van der Waals surface area (Å²) in [7, 11) is 1.83. The highest BCUT2D eigenvalue weighted by Gasteiger charge is 2.26. The Morgan fingerprint density at radius 3 is 2.81 bits per heavy atom. The molecule has 0 saturated carbocycles. The summed E-state index contributed by atoms with van der Waals surface area (Å²) in [6.45, 7) is 4.43. The highest BCUT2D eigenvalue weighted by molar-refractivity contribution is 6.30. The summed E-state index contributed by atoms with van der Waals surface area (Å²) in [5.74, 6) is 0.161. The number of nitrogen functional groups attached to an aromatic ring is 1. The summed E-state index contributed by atoms with van der Waals surface area (Å²) < 4.78 is 23.9. The number of aromatic nitrogens is 6. The highest BCUT2D eigenvalue weighted by Crippen LogP contribution is 2.39. The third kappa shape index (κ3) is 3.29. The van der Waals surface area contributed by atoms with Crippen LogP contribution in [0.2, 0.25) is 5.15 Å². The number of halogens is 2. The number of anilines is 1. The molecule has 0 aliphatic carbocycles. The Labute approximate surface area is 188 Å². The molecule has 8 nitrogen and oxygen atoms in total. The van der Waals surface area contributed by atoms with E-state index in [2.05, 4.69) is 20.2 Å². The molecule has 2 bridgehead atoms. The van der Waals surface area contributed by atoms with Crippen molar-refractivity contribution >= 4 is 17.4 Å². The average Bonchev–Trinajstić information content (AvgIpc) is 3.28. The van der Waals surface area contributed by atoms with Crippen molar-refractivity contribution < 1.29 is 9.13 Å². The Morgan fingerprint density at radius 1 is 1.22 bits per heavy atom. The zero-order chi connectivity index (χ0) is 22.6. The number of rotatable bonds is 1. The molecule has 10 heteroatoms. The van der Waals surface area contributed by atoms with Crippen LogP contribution in [0.15, 0.2) is 30.7 Å². The van der Waals surface area contributed by atoms with Crippen LogP contribution in [0.4, 0.5) is 10.2 Å². The molecule has 0 unspecified atom stereocenters. The number of aryl methyl sites for hydroxylation is 2. The lowest BCUT2D eigenvalue weighted by molar-refractivity contribution is 0.227. The third-order valence-corrected chi connectivity index (χ3v) is 5.88. The van der Waals surface area contributed by atoms with Gasteiger partial charge in [0.05, 0.1) is 17.6 Å². The molecule has 5 rings (SSSR count). The first-order valence-corrected chi connectivity index (χ1v) is 10.6. The number of nitrogens with zero attached hydrogens (tertiary/aromatic N) is 6. The van der Waals surface area contributed by atoms with Gasteiger partial charge in [-0.25, -0.2) is 9.37 Å². The van der Waals surface area contributed by atoms with Gasteiger partial charge in [0.2, 0.25) is 0 Å². The smallest absolute Gasteiger partial charge is 0.166 e. The summed E-state index contributed by atoms with van der Waals surface area (Å²) >= 11 is 6.59. The Balaban J connectivity index is 1.84. The van der Waals surface area contributed by atoms with Crippen molar-refractivity contribution in [1.82, 2.24) is 29.5 Å². The lowest BCUT2D eigenvalue weighted by atomic mass is 9.98. The molecule has 0 spiro atoms. The molecule has 0 fully saturated rings. The predicted molar refractivity (Wildman–Crippen MR) is 119 cm³/mol. The van der Waals surface area contributed by atoms with E-state index in [0.717, 1.165) is 22.4 Å². The first kappa shape index (κ1) is 20.4. The second kappa shape index (κ2) is 7.59. The monoisotopic (exact) mass is 453 g/mol. The zero-order valence-corrected chi connectivity index (χ0v) is 18.6. The third-order valence-electron chi connectivity index (χ3n) is 5.58. The molecule has 0 radical (unpaired) electrons. The fourth-order valence-electron chi connectivity index (χ4n) is 4.13. The fourth-order valence-corrected chi connectivity index (χ4v) is 4.38. The van der Waals surface area contributed by atoms with Crippen molar-refractivity contribution in [3.63, 3.8) is 0 Å². The second-order valence-electron chi connectivity index (χ2n) is 7.75. The fraction of sp³-hybridized carbons (Fsp3) is 0.273. The maximum absolute atomic E-state index is 14.2. The lowest BCUT2D eigenvalue weighted by Gasteiger charge is -2.20. The molecule has 1 atom stereocenters. The number of nitrogens with two attached hydrogens (primary N) is 1. The van der Waals surface area contributed by atoms with Crippen LogP contribution in [-0.4, -0.2) is 29.5 Å². The van der Waals surface area contributed by atoms with Crippen LogP contribution in [0, 0.1) is 5.82 Å². The summed E-state index contributed by atoms with van der Waals surface area (Å²) in [6.07, 6.45) is 4.68. The van der Waals surface area contributed by atoms with Crippen LogP contribution in [0.25, 0.3) is 22.6 Å². The number of hydrogen-bond acceptors (Lipinski definition) is 6. The van der Waals surface area contributed by atoms with Gasteiger partial charge in [0, 0.05) is 54.7 Å². The molecule has 5 heterocycles. The van der Waals surface area contributed by atoms with E-state index >= 15 is 0 Å². The van der Waals surface area contributed by atoms with Gasteiger partial charge >= 0.3 is 0 Å². The highest BCUT2D eigenvalue weighted by atomic mass is 35.5. The molecule has 0 saturated heterocycles. The van der Waals surface area contributed by atoms with Crippen LogP contribution in [0.1, 0.15) is 36.6 Å². The Hall–Kier alpha value is -3.46. The van der Waals surface area contributed by atoms with Crippen molar-refractivity contribution in [2.45, 2.75) is 32.9 Å². The predicted octanol–water partition coefficient (Wildman–Crippen LogP) is 4.18. The lowest BCUT2D eigenvalue weighted by Crippen LogP contribution is -2.11. The molecule has 0 aromatic carbocycles. The van der Waals surface area contributed by atoms with Gasteiger partial charge in [-0.15, -0.1) is 0 Å². The maximum atomic E-state index is 14.2. The first-order chi connectivity index (χ1) is 15.4. The van der Waals surface area contributed by atoms with Crippen molar-refractivity contribution in [2.75, 3.05) is 5.73 Å². The SMILES string of the molecule is CCn1nc(Cl)c2c1-c1cnc(N)c(c1)O[C@H](C)c1cc(F)cnc1-c1nn(C)cc1C2. The van der Waals surface area contributed by atoms with Crippen LogP contribution in [-0.2, 0) is 20.0 Å². The summed E-state index contributed by atoms with van der Waals surface area (Å²) in [5, 5.41) is 9.54. The standard InChI is InChI=1S/C22H21ClFN7O/c1-4-31-20-12-6-17(22(25)27-8-12)32-11(2)15-7-14(24)9-26-19(15)18-13(10-30(3)28-18)5-16(20)21(23)29-31/h6-11H,4-5H2,1-3H3,(H2,25,27)/t11-/m1/s1. The molecule has 2 N–H and O–H groups in total. The van der Waals surface area contributed by atoms with Crippen molar-refractivity contribution in [3.05, 3.63) is 58.4 Å². The van der Waals surface area contributed by atoms with E-state index in [1.165, 1.54) is 12.3 Å². The van der Waals surface area contributed by atoms with Gasteiger partial charge in [0.25, 0.3) is 0 Å². The van der Waals surface area contributed by atoms with Crippen LogP contribution < -0.4 is 10.5 Å².